The maximum absolute atomic E-state index is 11.6. The van der Waals surface area contributed by atoms with Gasteiger partial charge in [-0.2, -0.15) is 0 Å². The van der Waals surface area contributed by atoms with Crippen LogP contribution >= 0.6 is 24.0 Å². The van der Waals surface area contributed by atoms with Crippen molar-refractivity contribution in [3.8, 4) is 0 Å². The zero-order valence-corrected chi connectivity index (χ0v) is 13.6. The maximum Gasteiger partial charge on any atom is 0.220 e. The molecule has 0 atom stereocenters. The highest BCUT2D eigenvalue weighted by molar-refractivity contribution is 14.0. The molecule has 1 aliphatic rings. The number of guanidine groups is 1. The lowest BCUT2D eigenvalue weighted by Gasteiger charge is -2.11. The molecule has 3 N–H and O–H groups in total. The molecule has 1 amide bonds. The zero-order chi connectivity index (χ0) is 12.5. The monoisotopic (exact) mass is 368 g/mol. The Morgan fingerprint density at radius 3 is 2.39 bits per heavy atom. The second-order valence-electron chi connectivity index (χ2n) is 4.45. The Balaban J connectivity index is 0.00000289. The summed E-state index contributed by atoms with van der Waals surface area (Å²) in [4.78, 5) is 15.6. The summed E-state index contributed by atoms with van der Waals surface area (Å²) in [7, 11) is 3.53. The van der Waals surface area contributed by atoms with E-state index in [0.717, 1.165) is 5.96 Å². The molecule has 0 saturated heterocycles. The van der Waals surface area contributed by atoms with Crippen LogP contribution in [0.15, 0.2) is 4.99 Å². The molecule has 0 aromatic heterocycles. The van der Waals surface area contributed by atoms with Crippen molar-refractivity contribution in [1.82, 2.24) is 16.0 Å². The van der Waals surface area contributed by atoms with E-state index in [4.69, 9.17) is 0 Å². The van der Waals surface area contributed by atoms with Crippen LogP contribution in [0.3, 0.4) is 0 Å². The lowest BCUT2D eigenvalue weighted by Crippen LogP contribution is -2.40. The summed E-state index contributed by atoms with van der Waals surface area (Å²) in [5, 5.41) is 8.95. The highest BCUT2D eigenvalue weighted by Crippen LogP contribution is 2.27. The third-order valence-electron chi connectivity index (χ3n) is 3.15. The van der Waals surface area contributed by atoms with Crippen molar-refractivity contribution in [2.24, 2.45) is 10.9 Å². The topological polar surface area (TPSA) is 65.5 Å². The summed E-state index contributed by atoms with van der Waals surface area (Å²) in [6, 6.07) is 0. The van der Waals surface area contributed by atoms with E-state index in [-0.39, 0.29) is 29.9 Å². The molecule has 0 heterocycles. The number of rotatable bonds is 5. The van der Waals surface area contributed by atoms with Crippen LogP contribution in [0.5, 0.6) is 0 Å². The number of carbonyl (C=O) groups is 1. The van der Waals surface area contributed by atoms with E-state index < -0.39 is 0 Å². The molecule has 0 spiro atoms. The first-order valence-electron chi connectivity index (χ1n) is 6.41. The van der Waals surface area contributed by atoms with Crippen LogP contribution in [0.1, 0.15) is 32.1 Å². The summed E-state index contributed by atoms with van der Waals surface area (Å²) in [5.41, 5.74) is 0. The number of nitrogens with one attached hydrogen (secondary N) is 3. The first kappa shape index (κ1) is 17.5. The number of nitrogens with zero attached hydrogens (tertiary/aromatic N) is 1. The van der Waals surface area contributed by atoms with Crippen molar-refractivity contribution in [2.45, 2.75) is 32.1 Å². The van der Waals surface area contributed by atoms with E-state index in [9.17, 15) is 4.79 Å². The fourth-order valence-corrected chi connectivity index (χ4v) is 2.21. The molecular weight excluding hydrogens is 343 g/mol. The summed E-state index contributed by atoms with van der Waals surface area (Å²) in [5.74, 6) is 1.54. The number of halogens is 1. The van der Waals surface area contributed by atoms with Crippen LogP contribution < -0.4 is 16.0 Å². The van der Waals surface area contributed by atoms with Gasteiger partial charge in [0.15, 0.2) is 5.96 Å². The summed E-state index contributed by atoms with van der Waals surface area (Å²) in [6.45, 7) is 1.34. The van der Waals surface area contributed by atoms with Crippen molar-refractivity contribution >= 4 is 35.8 Å². The Kier molecular flexibility index (Phi) is 10.1. The van der Waals surface area contributed by atoms with Crippen molar-refractivity contribution in [3.63, 3.8) is 0 Å². The van der Waals surface area contributed by atoms with Gasteiger partial charge in [-0.15, -0.1) is 24.0 Å². The SMILES string of the molecule is CN=C(NC)NCCNC(=O)CC1CCCC1.I. The summed E-state index contributed by atoms with van der Waals surface area (Å²) < 4.78 is 0. The number of amides is 1. The van der Waals surface area contributed by atoms with Gasteiger partial charge in [-0.3, -0.25) is 9.79 Å². The van der Waals surface area contributed by atoms with E-state index in [1.807, 2.05) is 7.05 Å². The van der Waals surface area contributed by atoms with E-state index in [1.165, 1.54) is 25.7 Å². The Hall–Kier alpha value is -0.530. The van der Waals surface area contributed by atoms with Gasteiger partial charge in [-0.25, -0.2) is 0 Å². The minimum Gasteiger partial charge on any atom is -0.359 e. The quantitative estimate of drug-likeness (QED) is 0.295. The van der Waals surface area contributed by atoms with Gasteiger partial charge in [0.1, 0.15) is 0 Å². The van der Waals surface area contributed by atoms with Gasteiger partial charge in [0.2, 0.25) is 5.91 Å². The molecule has 18 heavy (non-hydrogen) atoms. The predicted octanol–water partition coefficient (Wildman–Crippen LogP) is 1.10. The van der Waals surface area contributed by atoms with E-state index in [0.29, 0.717) is 25.4 Å². The van der Waals surface area contributed by atoms with Gasteiger partial charge in [0.25, 0.3) is 0 Å². The molecule has 1 aliphatic carbocycles. The molecule has 5 nitrogen and oxygen atoms in total. The van der Waals surface area contributed by atoms with Crippen LogP contribution in [-0.4, -0.2) is 39.1 Å². The highest BCUT2D eigenvalue weighted by atomic mass is 127. The molecule has 0 unspecified atom stereocenters. The van der Waals surface area contributed by atoms with Crippen LogP contribution in [0.4, 0.5) is 0 Å². The van der Waals surface area contributed by atoms with Gasteiger partial charge in [-0.05, 0) is 18.8 Å². The molecule has 0 aliphatic heterocycles. The van der Waals surface area contributed by atoms with Crippen LogP contribution in [0.2, 0.25) is 0 Å². The van der Waals surface area contributed by atoms with Gasteiger partial charge in [0.05, 0.1) is 0 Å². The maximum atomic E-state index is 11.6. The molecule has 0 aromatic rings. The van der Waals surface area contributed by atoms with Crippen molar-refractivity contribution in [3.05, 3.63) is 0 Å². The third-order valence-corrected chi connectivity index (χ3v) is 3.15. The molecule has 0 aromatic carbocycles. The highest BCUT2D eigenvalue weighted by Gasteiger charge is 2.17. The van der Waals surface area contributed by atoms with Gasteiger partial charge in [0, 0.05) is 33.6 Å². The molecule has 0 radical (unpaired) electrons. The standard InChI is InChI=1S/C12H24N4O.HI/c1-13-12(14-2)16-8-7-15-11(17)9-10-5-3-4-6-10;/h10H,3-9H2,1-2H3,(H,15,17)(H2,13,14,16);1H. The minimum absolute atomic E-state index is 0. The fourth-order valence-electron chi connectivity index (χ4n) is 2.21. The van der Waals surface area contributed by atoms with Crippen molar-refractivity contribution < 1.29 is 4.79 Å². The van der Waals surface area contributed by atoms with Gasteiger partial charge < -0.3 is 16.0 Å². The number of hydrogen-bond donors (Lipinski definition) is 3. The third kappa shape index (κ3) is 7.03. The average Bonchev–Trinajstić information content (AvgIpc) is 2.82. The van der Waals surface area contributed by atoms with E-state index >= 15 is 0 Å². The largest absolute Gasteiger partial charge is 0.359 e. The Morgan fingerprint density at radius 2 is 1.83 bits per heavy atom. The molecular formula is C12H25IN4O. The number of aliphatic imine (C=N–C) groups is 1. The summed E-state index contributed by atoms with van der Waals surface area (Å²) in [6.07, 6.45) is 5.72. The molecule has 0 bridgehead atoms. The van der Waals surface area contributed by atoms with E-state index in [2.05, 4.69) is 20.9 Å². The van der Waals surface area contributed by atoms with Crippen LogP contribution in [0.25, 0.3) is 0 Å². The normalized spacial score (nSPS) is 16.0. The van der Waals surface area contributed by atoms with Crippen LogP contribution in [0, 0.1) is 5.92 Å². The first-order valence-corrected chi connectivity index (χ1v) is 6.41. The first-order chi connectivity index (χ1) is 8.26. The minimum atomic E-state index is 0. The predicted molar refractivity (Wildman–Crippen MR) is 85.4 cm³/mol. The molecule has 1 fully saturated rings. The van der Waals surface area contributed by atoms with Gasteiger partial charge in [-0.1, -0.05) is 12.8 Å². The smallest absolute Gasteiger partial charge is 0.220 e. The number of hydrogen-bond acceptors (Lipinski definition) is 2. The Labute approximate surface area is 127 Å². The molecule has 6 heteroatoms. The van der Waals surface area contributed by atoms with Crippen LogP contribution in [-0.2, 0) is 4.79 Å². The van der Waals surface area contributed by atoms with Crippen molar-refractivity contribution in [1.29, 1.82) is 0 Å². The molecule has 1 saturated carbocycles. The van der Waals surface area contributed by atoms with Gasteiger partial charge >= 0.3 is 0 Å². The molecule has 106 valence electrons. The lowest BCUT2D eigenvalue weighted by molar-refractivity contribution is -0.121. The zero-order valence-electron chi connectivity index (χ0n) is 11.3. The Morgan fingerprint density at radius 1 is 1.22 bits per heavy atom. The fraction of sp³-hybridized carbons (Fsp3) is 0.833. The lowest BCUT2D eigenvalue weighted by atomic mass is 10.0. The second kappa shape index (κ2) is 10.4. The summed E-state index contributed by atoms with van der Waals surface area (Å²) >= 11 is 0. The average molecular weight is 368 g/mol. The van der Waals surface area contributed by atoms with E-state index in [1.54, 1.807) is 7.05 Å². The Bertz CT molecular complexity index is 265. The van der Waals surface area contributed by atoms with Crippen molar-refractivity contribution in [2.75, 3.05) is 27.2 Å². The second-order valence-corrected chi connectivity index (χ2v) is 4.45. The molecule has 1 rings (SSSR count). The number of carbonyl (C=O) groups excluding carboxylic acids is 1.